The lowest BCUT2D eigenvalue weighted by Crippen LogP contribution is -2.31. The van der Waals surface area contributed by atoms with Crippen molar-refractivity contribution in [2.24, 2.45) is 39.9 Å². The summed E-state index contributed by atoms with van der Waals surface area (Å²) in [6.07, 6.45) is 16.6. The van der Waals surface area contributed by atoms with Gasteiger partial charge in [0.1, 0.15) is 0 Å². The van der Waals surface area contributed by atoms with Gasteiger partial charge in [0.05, 0.1) is 12.5 Å². The van der Waals surface area contributed by atoms with Gasteiger partial charge in [-0.2, -0.15) is 0 Å². The van der Waals surface area contributed by atoms with Crippen molar-refractivity contribution in [1.29, 1.82) is 0 Å². The van der Waals surface area contributed by atoms with Gasteiger partial charge in [0.25, 0.3) is 0 Å². The number of allylic oxidation sites excluding steroid dienone is 6. The summed E-state index contributed by atoms with van der Waals surface area (Å²) >= 11 is 0. The van der Waals surface area contributed by atoms with E-state index in [-0.39, 0.29) is 11.9 Å². The van der Waals surface area contributed by atoms with Crippen molar-refractivity contribution in [2.45, 2.75) is 137 Å². The number of hydrogen-bond acceptors (Lipinski definition) is 2. The van der Waals surface area contributed by atoms with Gasteiger partial charge < -0.3 is 4.74 Å². The summed E-state index contributed by atoms with van der Waals surface area (Å²) in [6.45, 7) is 36.9. The molecule has 0 aromatic rings. The van der Waals surface area contributed by atoms with Crippen LogP contribution in [0.3, 0.4) is 0 Å². The Morgan fingerprint density at radius 3 is 1.30 bits per heavy atom. The number of carbonyl (C=O) groups is 1. The zero-order valence-electron chi connectivity index (χ0n) is 28.7. The molecule has 0 aliphatic carbocycles. The van der Waals surface area contributed by atoms with E-state index in [1.165, 1.54) is 26.4 Å². The highest BCUT2D eigenvalue weighted by Crippen LogP contribution is 2.29. The molecule has 37 heavy (non-hydrogen) atoms. The van der Waals surface area contributed by atoms with Crippen molar-refractivity contribution in [3.05, 3.63) is 36.5 Å². The molecule has 0 spiro atoms. The summed E-state index contributed by atoms with van der Waals surface area (Å²) in [5.74, 6) is 2.36. The van der Waals surface area contributed by atoms with Crippen LogP contribution in [0.25, 0.3) is 0 Å². The number of rotatable bonds is 8. The monoisotopic (exact) mass is 523 g/mol. The van der Waals surface area contributed by atoms with Crippen LogP contribution in [-0.2, 0) is 9.53 Å². The summed E-state index contributed by atoms with van der Waals surface area (Å²) in [7, 11) is 1.42. The largest absolute Gasteiger partial charge is 0.469 e. The Morgan fingerprint density at radius 2 is 1.11 bits per heavy atom. The van der Waals surface area contributed by atoms with E-state index in [9.17, 15) is 4.79 Å². The third-order valence-corrected chi connectivity index (χ3v) is 7.54. The first kappa shape index (κ1) is 42.8. The Morgan fingerprint density at radius 1 is 0.703 bits per heavy atom. The van der Waals surface area contributed by atoms with E-state index in [0.717, 1.165) is 11.8 Å². The maximum Gasteiger partial charge on any atom is 0.311 e. The minimum atomic E-state index is -0.429. The summed E-state index contributed by atoms with van der Waals surface area (Å²) in [5, 5.41) is 0. The van der Waals surface area contributed by atoms with Crippen molar-refractivity contribution in [1.82, 2.24) is 0 Å². The lowest BCUT2D eigenvalue weighted by Gasteiger charge is -2.26. The molecule has 0 fully saturated rings. The molecule has 0 N–H and O–H groups in total. The fraction of sp³-hybridized carbons (Fsp3) is 0.800. The van der Waals surface area contributed by atoms with Crippen LogP contribution in [0.1, 0.15) is 137 Å². The Kier molecular flexibility index (Phi) is 26.2. The number of esters is 1. The predicted molar refractivity (Wildman–Crippen MR) is 171 cm³/mol. The van der Waals surface area contributed by atoms with Gasteiger partial charge in [0.2, 0.25) is 0 Å². The summed E-state index contributed by atoms with van der Waals surface area (Å²) < 4.78 is 4.71. The fourth-order valence-electron chi connectivity index (χ4n) is 2.89. The van der Waals surface area contributed by atoms with Gasteiger partial charge in [-0.3, -0.25) is 4.79 Å². The summed E-state index contributed by atoms with van der Waals surface area (Å²) in [5.41, 5.74) is 0.504. The van der Waals surface area contributed by atoms with Gasteiger partial charge in [0, 0.05) is 0 Å². The number of carbonyl (C=O) groups excluding carboxylic acids is 1. The van der Waals surface area contributed by atoms with Crippen molar-refractivity contribution in [2.75, 3.05) is 7.11 Å². The Bertz CT molecular complexity index is 608. The molecule has 2 heteroatoms. The van der Waals surface area contributed by atoms with E-state index >= 15 is 0 Å². The van der Waals surface area contributed by atoms with Crippen LogP contribution in [0.15, 0.2) is 36.5 Å². The summed E-state index contributed by atoms with van der Waals surface area (Å²) in [6, 6.07) is 0. The molecule has 0 amide bonds. The first-order chi connectivity index (χ1) is 16.7. The van der Waals surface area contributed by atoms with Crippen molar-refractivity contribution in [3.63, 3.8) is 0 Å². The zero-order valence-corrected chi connectivity index (χ0v) is 28.7. The molecule has 0 bridgehead atoms. The highest BCUT2D eigenvalue weighted by atomic mass is 16.5. The van der Waals surface area contributed by atoms with Crippen LogP contribution < -0.4 is 0 Å². The van der Waals surface area contributed by atoms with E-state index < -0.39 is 5.41 Å². The molecule has 4 unspecified atom stereocenters. The quantitative estimate of drug-likeness (QED) is 0.234. The van der Waals surface area contributed by atoms with E-state index in [0.29, 0.717) is 16.7 Å². The zero-order chi connectivity index (χ0) is 30.5. The molecule has 0 saturated heterocycles. The summed E-state index contributed by atoms with van der Waals surface area (Å²) in [4.78, 5) is 11.3. The molecule has 2 nitrogen and oxygen atoms in total. The SMILES string of the molecule is C/C=C/C(C)C(C)(C)C.C/C=C/C(C)C(C)(C)C(=O)OC.C/C=C/C(C)CC.CCCC(C)C(C)(C)C. The molecular formula is C35H70O2. The Hall–Kier alpha value is -1.31. The van der Waals surface area contributed by atoms with Gasteiger partial charge in [0.15, 0.2) is 0 Å². The first-order valence-corrected chi connectivity index (χ1v) is 14.7. The van der Waals surface area contributed by atoms with E-state index in [1.807, 2.05) is 39.8 Å². The number of methoxy groups -OCH3 is 1. The average molecular weight is 523 g/mol. The van der Waals surface area contributed by atoms with E-state index in [4.69, 9.17) is 4.74 Å². The average Bonchev–Trinajstić information content (AvgIpc) is 2.79. The van der Waals surface area contributed by atoms with Crippen LogP contribution in [-0.4, -0.2) is 13.1 Å². The van der Waals surface area contributed by atoms with Gasteiger partial charge in [-0.15, -0.1) is 0 Å². The molecular weight excluding hydrogens is 452 g/mol. The van der Waals surface area contributed by atoms with Crippen LogP contribution in [0.5, 0.6) is 0 Å². The number of ether oxygens (including phenoxy) is 1. The Balaban J connectivity index is -0.000000200. The molecule has 0 heterocycles. The molecule has 222 valence electrons. The Labute approximate surface area is 235 Å². The third-order valence-electron chi connectivity index (χ3n) is 7.54. The normalized spacial score (nSPS) is 15.5. The van der Waals surface area contributed by atoms with Crippen molar-refractivity contribution in [3.8, 4) is 0 Å². The fourth-order valence-corrected chi connectivity index (χ4v) is 2.89. The number of hydrogen-bond donors (Lipinski definition) is 0. The van der Waals surface area contributed by atoms with Gasteiger partial charge in [-0.25, -0.2) is 0 Å². The van der Waals surface area contributed by atoms with Crippen LogP contribution in [0.4, 0.5) is 0 Å². The molecule has 0 aromatic heterocycles. The minimum absolute atomic E-state index is 0.159. The van der Waals surface area contributed by atoms with Gasteiger partial charge >= 0.3 is 5.97 Å². The predicted octanol–water partition coefficient (Wildman–Crippen LogP) is 11.7. The highest BCUT2D eigenvalue weighted by molar-refractivity contribution is 5.76. The van der Waals surface area contributed by atoms with Crippen molar-refractivity contribution >= 4 is 5.97 Å². The first-order valence-electron chi connectivity index (χ1n) is 14.7. The molecule has 0 aliphatic rings. The van der Waals surface area contributed by atoms with E-state index in [2.05, 4.69) is 114 Å². The second-order valence-electron chi connectivity index (χ2n) is 13.2. The topological polar surface area (TPSA) is 26.3 Å². The smallest absolute Gasteiger partial charge is 0.311 e. The van der Waals surface area contributed by atoms with Crippen molar-refractivity contribution < 1.29 is 9.53 Å². The second kappa shape index (κ2) is 22.7. The van der Waals surface area contributed by atoms with Gasteiger partial charge in [-0.05, 0) is 69.1 Å². The molecule has 0 rings (SSSR count). The molecule has 0 radical (unpaired) electrons. The second-order valence-corrected chi connectivity index (χ2v) is 13.2. The molecule has 0 saturated carbocycles. The maximum absolute atomic E-state index is 11.3. The standard InChI is InChI=1S/C10H18O2.C9H20.C9H18.C7H14/c1-6-7-8(2)10(3,4)9(11)12-5;2*1-6-7-8(2)9(3,4)5;1-4-6-7(3)5-2/h6-8H,1-5H3;8H,6-7H2,1-5H3;6-8H,1-5H3;4,6-7H,5H2,1-3H3/b7-6+;;7-6+;6-4+. The van der Waals surface area contributed by atoms with Crippen LogP contribution in [0.2, 0.25) is 0 Å². The van der Waals surface area contributed by atoms with E-state index in [1.54, 1.807) is 0 Å². The highest BCUT2D eigenvalue weighted by Gasteiger charge is 2.33. The van der Waals surface area contributed by atoms with Crippen LogP contribution in [0, 0.1) is 39.9 Å². The van der Waals surface area contributed by atoms with Crippen LogP contribution >= 0.6 is 0 Å². The minimum Gasteiger partial charge on any atom is -0.469 e. The molecule has 0 aromatic carbocycles. The molecule has 4 atom stereocenters. The lowest BCUT2D eigenvalue weighted by atomic mass is 9.80. The van der Waals surface area contributed by atoms with Gasteiger partial charge in [-0.1, -0.05) is 139 Å². The third kappa shape index (κ3) is 24.8. The lowest BCUT2D eigenvalue weighted by molar-refractivity contribution is -0.152. The maximum atomic E-state index is 11.3. The molecule has 0 aliphatic heterocycles.